The molecule has 2 aromatic heterocycles. The van der Waals surface area contributed by atoms with Gasteiger partial charge in [0.15, 0.2) is 0 Å². The number of carbonyl (C=O) groups excluding carboxylic acids is 2. The first-order chi connectivity index (χ1) is 10.6. The average molecular weight is 298 g/mol. The van der Waals surface area contributed by atoms with Gasteiger partial charge in [0, 0.05) is 24.0 Å². The van der Waals surface area contributed by atoms with Crippen LogP contribution in [0.5, 0.6) is 0 Å². The standard InChI is InChI=1S/C14H14N6O2/c15-14(22)20-7-10-11(8-20)18-19-13(10)17-12(21)2-1-9-3-5-16-6-4-9/h1-6H,7-8H2,(H2,15,22)(H2,17,18,19,21)/b2-1-. The van der Waals surface area contributed by atoms with Crippen LogP contribution >= 0.6 is 0 Å². The van der Waals surface area contributed by atoms with Crippen molar-refractivity contribution >= 4 is 23.8 Å². The predicted octanol–water partition coefficient (Wildman–Crippen LogP) is 0.851. The van der Waals surface area contributed by atoms with Gasteiger partial charge in [0.1, 0.15) is 5.82 Å². The topological polar surface area (TPSA) is 117 Å². The van der Waals surface area contributed by atoms with Crippen LogP contribution in [0.2, 0.25) is 0 Å². The van der Waals surface area contributed by atoms with E-state index in [1.807, 2.05) is 0 Å². The number of nitrogens with zero attached hydrogens (tertiary/aromatic N) is 3. The van der Waals surface area contributed by atoms with Gasteiger partial charge in [-0.05, 0) is 23.8 Å². The van der Waals surface area contributed by atoms with E-state index in [2.05, 4.69) is 20.5 Å². The van der Waals surface area contributed by atoms with E-state index in [4.69, 9.17) is 5.73 Å². The molecule has 3 rings (SSSR count). The summed E-state index contributed by atoms with van der Waals surface area (Å²) in [6.07, 6.45) is 6.40. The lowest BCUT2D eigenvalue weighted by Crippen LogP contribution is -2.31. The third-order valence-corrected chi connectivity index (χ3v) is 3.34. The maximum Gasteiger partial charge on any atom is 0.315 e. The van der Waals surface area contributed by atoms with Crippen LogP contribution in [0.25, 0.3) is 6.08 Å². The van der Waals surface area contributed by atoms with Crippen LogP contribution in [0.4, 0.5) is 10.6 Å². The van der Waals surface area contributed by atoms with Crippen LogP contribution in [0.3, 0.4) is 0 Å². The number of carbonyl (C=O) groups is 2. The fourth-order valence-corrected chi connectivity index (χ4v) is 2.20. The van der Waals surface area contributed by atoms with Crippen LogP contribution in [0.1, 0.15) is 16.8 Å². The average Bonchev–Trinajstić information content (AvgIpc) is 3.08. The molecule has 0 saturated heterocycles. The highest BCUT2D eigenvalue weighted by Crippen LogP contribution is 2.26. The van der Waals surface area contributed by atoms with E-state index in [1.54, 1.807) is 30.6 Å². The second-order valence-corrected chi connectivity index (χ2v) is 4.82. The van der Waals surface area contributed by atoms with E-state index in [1.165, 1.54) is 11.0 Å². The molecule has 0 radical (unpaired) electrons. The van der Waals surface area contributed by atoms with Crippen molar-refractivity contribution < 1.29 is 9.59 Å². The monoisotopic (exact) mass is 298 g/mol. The second kappa shape index (κ2) is 5.68. The lowest BCUT2D eigenvalue weighted by Gasteiger charge is -2.11. The lowest BCUT2D eigenvalue weighted by molar-refractivity contribution is -0.111. The molecular weight excluding hydrogens is 284 g/mol. The molecule has 0 bridgehead atoms. The van der Waals surface area contributed by atoms with Crippen molar-refractivity contribution in [3.8, 4) is 0 Å². The summed E-state index contributed by atoms with van der Waals surface area (Å²) in [7, 11) is 0. The van der Waals surface area contributed by atoms with Crippen LogP contribution in [0.15, 0.2) is 30.6 Å². The highest BCUT2D eigenvalue weighted by molar-refractivity contribution is 6.01. The quantitative estimate of drug-likeness (QED) is 0.728. The summed E-state index contributed by atoms with van der Waals surface area (Å²) in [5.41, 5.74) is 7.62. The Morgan fingerprint density at radius 3 is 2.82 bits per heavy atom. The van der Waals surface area contributed by atoms with Gasteiger partial charge in [0.05, 0.1) is 18.8 Å². The number of hydrogen-bond donors (Lipinski definition) is 3. The Morgan fingerprint density at radius 1 is 1.32 bits per heavy atom. The number of primary amides is 1. The van der Waals surface area contributed by atoms with Crippen LogP contribution < -0.4 is 11.1 Å². The zero-order valence-electron chi connectivity index (χ0n) is 11.6. The Balaban J connectivity index is 1.67. The summed E-state index contributed by atoms with van der Waals surface area (Å²) < 4.78 is 0. The summed E-state index contributed by atoms with van der Waals surface area (Å²) in [5.74, 6) is 0.198. The van der Waals surface area contributed by atoms with Crippen LogP contribution in [0, 0.1) is 0 Å². The zero-order chi connectivity index (χ0) is 15.5. The van der Waals surface area contributed by atoms with Crippen molar-refractivity contribution in [2.24, 2.45) is 5.73 Å². The van der Waals surface area contributed by atoms with Gasteiger partial charge in [-0.1, -0.05) is 0 Å². The van der Waals surface area contributed by atoms with E-state index >= 15 is 0 Å². The molecule has 0 unspecified atom stereocenters. The van der Waals surface area contributed by atoms with Gasteiger partial charge in [-0.2, -0.15) is 5.10 Å². The molecule has 22 heavy (non-hydrogen) atoms. The van der Waals surface area contributed by atoms with Gasteiger partial charge in [-0.15, -0.1) is 0 Å². The molecule has 0 aromatic carbocycles. The molecule has 1 aliphatic heterocycles. The largest absolute Gasteiger partial charge is 0.351 e. The second-order valence-electron chi connectivity index (χ2n) is 4.82. The van der Waals surface area contributed by atoms with Gasteiger partial charge in [-0.25, -0.2) is 4.79 Å². The number of aromatic nitrogens is 3. The van der Waals surface area contributed by atoms with Crippen molar-refractivity contribution in [1.82, 2.24) is 20.1 Å². The lowest BCUT2D eigenvalue weighted by atomic mass is 10.2. The van der Waals surface area contributed by atoms with Crippen molar-refractivity contribution in [3.05, 3.63) is 47.4 Å². The van der Waals surface area contributed by atoms with Gasteiger partial charge >= 0.3 is 6.03 Å². The minimum Gasteiger partial charge on any atom is -0.351 e. The third kappa shape index (κ3) is 2.80. The number of nitrogens with two attached hydrogens (primary N) is 1. The molecule has 3 amide bonds. The highest BCUT2D eigenvalue weighted by atomic mass is 16.2. The number of hydrogen-bond acceptors (Lipinski definition) is 4. The molecule has 0 fully saturated rings. The molecule has 8 heteroatoms. The first kappa shape index (κ1) is 13.8. The molecular formula is C14H14N6O2. The number of fused-ring (bicyclic) bond motifs is 1. The highest BCUT2D eigenvalue weighted by Gasteiger charge is 2.27. The van der Waals surface area contributed by atoms with E-state index in [0.29, 0.717) is 24.6 Å². The van der Waals surface area contributed by atoms with Crippen LogP contribution in [-0.2, 0) is 17.9 Å². The van der Waals surface area contributed by atoms with Crippen molar-refractivity contribution in [3.63, 3.8) is 0 Å². The van der Waals surface area contributed by atoms with E-state index in [-0.39, 0.29) is 5.91 Å². The first-order valence-corrected chi connectivity index (χ1v) is 6.63. The minimum atomic E-state index is -0.507. The summed E-state index contributed by atoms with van der Waals surface area (Å²) >= 11 is 0. The number of anilines is 1. The van der Waals surface area contributed by atoms with Crippen molar-refractivity contribution in [2.45, 2.75) is 13.1 Å². The zero-order valence-corrected chi connectivity index (χ0v) is 11.6. The molecule has 0 aliphatic carbocycles. The van der Waals surface area contributed by atoms with Gasteiger partial charge in [0.25, 0.3) is 0 Å². The summed E-state index contributed by atoms with van der Waals surface area (Å²) in [6, 6.07) is 3.08. The van der Waals surface area contributed by atoms with E-state index in [9.17, 15) is 9.59 Å². The van der Waals surface area contributed by atoms with Crippen LogP contribution in [-0.4, -0.2) is 32.0 Å². The Bertz CT molecular complexity index is 737. The smallest absolute Gasteiger partial charge is 0.315 e. The SMILES string of the molecule is NC(=O)N1Cc2n[nH]c(NC(=O)/C=C\c3ccncc3)c2C1. The van der Waals surface area contributed by atoms with E-state index < -0.39 is 6.03 Å². The van der Waals surface area contributed by atoms with Crippen molar-refractivity contribution in [1.29, 1.82) is 0 Å². The summed E-state index contributed by atoms with van der Waals surface area (Å²) in [6.45, 7) is 0.689. The van der Waals surface area contributed by atoms with Gasteiger partial charge < -0.3 is 16.0 Å². The maximum absolute atomic E-state index is 11.9. The minimum absolute atomic E-state index is 0.291. The maximum atomic E-state index is 11.9. The number of urea groups is 1. The fourth-order valence-electron chi connectivity index (χ4n) is 2.20. The summed E-state index contributed by atoms with van der Waals surface area (Å²) in [4.78, 5) is 28.5. The molecule has 2 aromatic rings. The number of pyridine rings is 1. The van der Waals surface area contributed by atoms with Crippen molar-refractivity contribution in [2.75, 3.05) is 5.32 Å². The molecule has 112 valence electrons. The molecule has 0 atom stereocenters. The molecule has 3 heterocycles. The molecule has 0 spiro atoms. The molecule has 8 nitrogen and oxygen atoms in total. The molecule has 1 aliphatic rings. The summed E-state index contributed by atoms with van der Waals surface area (Å²) in [5, 5.41) is 9.55. The normalized spacial score (nSPS) is 13.4. The Hall–Kier alpha value is -3.16. The Labute approximate surface area is 126 Å². The number of rotatable bonds is 3. The number of H-pyrrole nitrogens is 1. The number of nitrogens with one attached hydrogen (secondary N) is 2. The fraction of sp³-hybridized carbons (Fsp3) is 0.143. The van der Waals surface area contributed by atoms with Gasteiger partial charge in [-0.3, -0.25) is 14.9 Å². The molecule has 0 saturated carbocycles. The Morgan fingerprint density at radius 2 is 2.09 bits per heavy atom. The first-order valence-electron chi connectivity index (χ1n) is 6.63. The number of amides is 3. The van der Waals surface area contributed by atoms with Gasteiger partial charge in [0.2, 0.25) is 5.91 Å². The third-order valence-electron chi connectivity index (χ3n) is 3.34. The van der Waals surface area contributed by atoms with E-state index in [0.717, 1.165) is 11.1 Å². The molecule has 4 N–H and O–H groups in total. The Kier molecular flexibility index (Phi) is 3.57. The predicted molar refractivity (Wildman–Crippen MR) is 79.3 cm³/mol. The number of aromatic amines is 1.